The molecule has 0 aliphatic heterocycles. The predicted octanol–water partition coefficient (Wildman–Crippen LogP) is 6.42. The van der Waals surface area contributed by atoms with Crippen molar-refractivity contribution in [3.8, 4) is 11.4 Å². The zero-order chi connectivity index (χ0) is 20.6. The number of pyridine rings is 3. The number of aromatic nitrogens is 3. The van der Waals surface area contributed by atoms with Crippen LogP contribution in [0.15, 0.2) is 60.8 Å². The van der Waals surface area contributed by atoms with Crippen LogP contribution in [0, 0.1) is 6.92 Å². The average Bonchev–Trinajstić information content (AvgIpc) is 2.69. The SMILES string of the molecule is Cc1ccc(Cl)c(-c2ccc3c(Nc4ccc(C(F)(F)F)cc4)ccnc3n2)n1. The highest BCUT2D eigenvalue weighted by Gasteiger charge is 2.29. The van der Waals surface area contributed by atoms with Crippen LogP contribution in [0.1, 0.15) is 11.3 Å². The number of anilines is 2. The van der Waals surface area contributed by atoms with Crippen LogP contribution in [-0.2, 0) is 6.18 Å². The third-order valence-electron chi connectivity index (χ3n) is 4.32. The number of nitrogens with zero attached hydrogens (tertiary/aromatic N) is 3. The Morgan fingerprint density at radius 3 is 2.38 bits per heavy atom. The Hall–Kier alpha value is -3.19. The minimum Gasteiger partial charge on any atom is -0.355 e. The lowest BCUT2D eigenvalue weighted by Crippen LogP contribution is -2.04. The minimum atomic E-state index is -4.37. The van der Waals surface area contributed by atoms with Gasteiger partial charge in [0.25, 0.3) is 0 Å². The van der Waals surface area contributed by atoms with Crippen LogP contribution in [0.3, 0.4) is 0 Å². The van der Waals surface area contributed by atoms with Gasteiger partial charge in [0.2, 0.25) is 0 Å². The summed E-state index contributed by atoms with van der Waals surface area (Å²) in [6, 6.07) is 13.8. The standard InChI is InChI=1S/C21H14ClF3N4/c1-12-2-8-16(22)19(27-12)18-9-7-15-17(10-11-26-20(15)29-18)28-14-5-3-13(4-6-14)21(23,24)25/h2-11H,1H3,(H,26,28,29). The number of hydrogen-bond donors (Lipinski definition) is 1. The summed E-state index contributed by atoms with van der Waals surface area (Å²) in [5, 5.41) is 4.33. The highest BCUT2D eigenvalue weighted by atomic mass is 35.5. The van der Waals surface area contributed by atoms with Crippen molar-refractivity contribution in [2.24, 2.45) is 0 Å². The molecule has 1 N–H and O–H groups in total. The molecule has 0 unspecified atom stereocenters. The third-order valence-corrected chi connectivity index (χ3v) is 4.63. The van der Waals surface area contributed by atoms with Crippen LogP contribution >= 0.6 is 11.6 Å². The molecule has 0 saturated carbocycles. The predicted molar refractivity (Wildman–Crippen MR) is 107 cm³/mol. The van der Waals surface area contributed by atoms with Crippen molar-refractivity contribution in [2.75, 3.05) is 5.32 Å². The minimum absolute atomic E-state index is 0.471. The zero-order valence-corrected chi connectivity index (χ0v) is 15.9. The molecule has 0 spiro atoms. The van der Waals surface area contributed by atoms with Crippen LogP contribution < -0.4 is 5.32 Å². The normalized spacial score (nSPS) is 11.6. The van der Waals surface area contributed by atoms with Crippen molar-refractivity contribution in [1.82, 2.24) is 15.0 Å². The van der Waals surface area contributed by atoms with E-state index in [1.807, 2.05) is 19.1 Å². The molecule has 0 amide bonds. The summed E-state index contributed by atoms with van der Waals surface area (Å²) in [4.78, 5) is 13.3. The van der Waals surface area contributed by atoms with Crippen LogP contribution in [0.25, 0.3) is 22.4 Å². The molecule has 3 aromatic heterocycles. The molecule has 0 aliphatic carbocycles. The molecule has 4 nitrogen and oxygen atoms in total. The average molecular weight is 415 g/mol. The van der Waals surface area contributed by atoms with Crippen molar-refractivity contribution < 1.29 is 13.2 Å². The van der Waals surface area contributed by atoms with E-state index < -0.39 is 11.7 Å². The van der Waals surface area contributed by atoms with Crippen molar-refractivity contribution in [2.45, 2.75) is 13.1 Å². The number of alkyl halides is 3. The number of rotatable bonds is 3. The first-order valence-corrected chi connectivity index (χ1v) is 9.02. The van der Waals surface area contributed by atoms with Crippen molar-refractivity contribution in [1.29, 1.82) is 0 Å². The second-order valence-electron chi connectivity index (χ2n) is 6.41. The Labute approximate surface area is 169 Å². The molecule has 0 fully saturated rings. The van der Waals surface area contributed by atoms with Crippen molar-refractivity contribution in [3.05, 3.63) is 77.1 Å². The molecule has 0 atom stereocenters. The molecular weight excluding hydrogens is 401 g/mol. The second kappa shape index (κ2) is 7.33. The Morgan fingerprint density at radius 2 is 1.66 bits per heavy atom. The molecule has 4 rings (SSSR count). The zero-order valence-electron chi connectivity index (χ0n) is 15.1. The largest absolute Gasteiger partial charge is 0.416 e. The van der Waals surface area contributed by atoms with E-state index in [4.69, 9.17) is 11.6 Å². The van der Waals surface area contributed by atoms with Crippen LogP contribution in [0.5, 0.6) is 0 Å². The summed E-state index contributed by atoms with van der Waals surface area (Å²) in [7, 11) is 0. The number of hydrogen-bond acceptors (Lipinski definition) is 4. The fraction of sp³-hybridized carbons (Fsp3) is 0.0952. The fourth-order valence-corrected chi connectivity index (χ4v) is 3.09. The Bertz CT molecular complexity index is 1190. The fourth-order valence-electron chi connectivity index (χ4n) is 2.89. The first-order chi connectivity index (χ1) is 13.8. The molecule has 3 heterocycles. The smallest absolute Gasteiger partial charge is 0.355 e. The number of halogens is 4. The maximum Gasteiger partial charge on any atom is 0.416 e. The van der Waals surface area contributed by atoms with E-state index in [0.717, 1.165) is 23.2 Å². The molecule has 4 aromatic rings. The van der Waals surface area contributed by atoms with Gasteiger partial charge in [0.05, 0.1) is 22.0 Å². The topological polar surface area (TPSA) is 50.7 Å². The molecule has 0 radical (unpaired) electrons. The van der Waals surface area contributed by atoms with E-state index in [-0.39, 0.29) is 0 Å². The van der Waals surface area contributed by atoms with Gasteiger partial charge in [-0.15, -0.1) is 0 Å². The van der Waals surface area contributed by atoms with E-state index in [0.29, 0.717) is 33.4 Å². The van der Waals surface area contributed by atoms with Gasteiger partial charge in [-0.3, -0.25) is 0 Å². The van der Waals surface area contributed by atoms with Crippen LogP contribution in [0.2, 0.25) is 5.02 Å². The van der Waals surface area contributed by atoms with Gasteiger partial charge in [-0.1, -0.05) is 11.6 Å². The van der Waals surface area contributed by atoms with Crippen LogP contribution in [0.4, 0.5) is 24.5 Å². The van der Waals surface area contributed by atoms with Gasteiger partial charge in [0, 0.05) is 23.0 Å². The lowest BCUT2D eigenvalue weighted by atomic mass is 10.1. The lowest BCUT2D eigenvalue weighted by molar-refractivity contribution is -0.137. The highest BCUT2D eigenvalue weighted by Crippen LogP contribution is 2.32. The van der Waals surface area contributed by atoms with Crippen LogP contribution in [-0.4, -0.2) is 15.0 Å². The van der Waals surface area contributed by atoms with Gasteiger partial charge >= 0.3 is 6.18 Å². The molecule has 0 aliphatic rings. The van der Waals surface area contributed by atoms with Gasteiger partial charge in [0.1, 0.15) is 5.69 Å². The number of aryl methyl sites for hydroxylation is 1. The first kappa shape index (κ1) is 19.1. The summed E-state index contributed by atoms with van der Waals surface area (Å²) < 4.78 is 38.2. The first-order valence-electron chi connectivity index (χ1n) is 8.65. The van der Waals surface area contributed by atoms with Gasteiger partial charge in [-0.05, 0) is 61.5 Å². The maximum absolute atomic E-state index is 12.7. The second-order valence-corrected chi connectivity index (χ2v) is 6.82. The Balaban J connectivity index is 1.69. The van der Waals surface area contributed by atoms with Crippen molar-refractivity contribution in [3.63, 3.8) is 0 Å². The molecule has 0 saturated heterocycles. The van der Waals surface area contributed by atoms with E-state index in [1.54, 1.807) is 24.4 Å². The van der Waals surface area contributed by atoms with Crippen molar-refractivity contribution >= 4 is 34.0 Å². The summed E-state index contributed by atoms with van der Waals surface area (Å²) in [6.07, 6.45) is -2.79. The molecule has 146 valence electrons. The summed E-state index contributed by atoms with van der Waals surface area (Å²) in [5.41, 5.74) is 2.95. The number of fused-ring (bicyclic) bond motifs is 1. The van der Waals surface area contributed by atoms with Gasteiger partial charge in [0.15, 0.2) is 5.65 Å². The van der Waals surface area contributed by atoms with E-state index in [2.05, 4.69) is 20.3 Å². The van der Waals surface area contributed by atoms with E-state index in [9.17, 15) is 13.2 Å². The summed E-state index contributed by atoms with van der Waals surface area (Å²) in [6.45, 7) is 1.87. The van der Waals surface area contributed by atoms with E-state index in [1.165, 1.54) is 12.1 Å². The lowest BCUT2D eigenvalue weighted by Gasteiger charge is -2.12. The molecule has 1 aromatic carbocycles. The van der Waals surface area contributed by atoms with Gasteiger partial charge in [-0.25, -0.2) is 15.0 Å². The van der Waals surface area contributed by atoms with E-state index >= 15 is 0 Å². The monoisotopic (exact) mass is 414 g/mol. The molecular formula is C21H14ClF3N4. The quantitative estimate of drug-likeness (QED) is 0.420. The summed E-state index contributed by atoms with van der Waals surface area (Å²) >= 11 is 6.25. The Kier molecular flexibility index (Phi) is 4.84. The third kappa shape index (κ3) is 4.00. The van der Waals surface area contributed by atoms with Gasteiger partial charge in [-0.2, -0.15) is 13.2 Å². The summed E-state index contributed by atoms with van der Waals surface area (Å²) in [5.74, 6) is 0. The highest BCUT2D eigenvalue weighted by molar-refractivity contribution is 6.33. The Morgan fingerprint density at radius 1 is 0.897 bits per heavy atom. The maximum atomic E-state index is 12.7. The number of nitrogens with one attached hydrogen (secondary N) is 1. The van der Waals surface area contributed by atoms with Gasteiger partial charge < -0.3 is 5.32 Å². The molecule has 29 heavy (non-hydrogen) atoms. The molecule has 0 bridgehead atoms. The molecule has 8 heteroatoms. The number of benzene rings is 1.